The van der Waals surface area contributed by atoms with Crippen molar-refractivity contribution < 1.29 is 9.47 Å². The van der Waals surface area contributed by atoms with Crippen LogP contribution in [0.15, 0.2) is 18.2 Å². The summed E-state index contributed by atoms with van der Waals surface area (Å²) < 4.78 is 11.0. The van der Waals surface area contributed by atoms with E-state index in [0.29, 0.717) is 11.8 Å². The zero-order valence-corrected chi connectivity index (χ0v) is 11.2. The smallest absolute Gasteiger partial charge is 0.143 e. The Morgan fingerprint density at radius 3 is 2.94 bits per heavy atom. The van der Waals surface area contributed by atoms with Crippen LogP contribution in [-0.2, 0) is 4.74 Å². The number of ether oxygens (including phenoxy) is 2. The minimum atomic E-state index is 0.314. The lowest BCUT2D eigenvalue weighted by atomic mass is 10.1. The highest BCUT2D eigenvalue weighted by Gasteiger charge is 2.17. The Labute approximate surface area is 109 Å². The van der Waals surface area contributed by atoms with Gasteiger partial charge in [-0.15, -0.1) is 0 Å². The zero-order valence-electron chi connectivity index (χ0n) is 11.2. The van der Waals surface area contributed by atoms with E-state index in [9.17, 15) is 0 Å². The molecule has 0 bridgehead atoms. The summed E-state index contributed by atoms with van der Waals surface area (Å²) in [5.74, 6) is 0.726. The molecule has 1 saturated heterocycles. The predicted molar refractivity (Wildman–Crippen MR) is 74.3 cm³/mol. The van der Waals surface area contributed by atoms with E-state index in [-0.39, 0.29) is 0 Å². The standard InChI is InChI=1S/C14H22N2O2/c1-16(10-11-6-3-4-9-18-11)12-7-5-8-13(17-2)14(12)15/h5,7-8,11H,3-4,6,9-10,15H2,1-2H3. The molecule has 4 nitrogen and oxygen atoms in total. The largest absolute Gasteiger partial charge is 0.495 e. The number of nitrogen functional groups attached to an aromatic ring is 1. The Morgan fingerprint density at radius 1 is 1.44 bits per heavy atom. The molecule has 0 aliphatic carbocycles. The highest BCUT2D eigenvalue weighted by atomic mass is 16.5. The maximum absolute atomic E-state index is 6.09. The molecule has 1 unspecified atom stereocenters. The minimum Gasteiger partial charge on any atom is -0.495 e. The molecular weight excluding hydrogens is 228 g/mol. The number of nitrogens with two attached hydrogens (primary N) is 1. The Bertz CT molecular complexity index is 389. The van der Waals surface area contributed by atoms with E-state index < -0.39 is 0 Å². The Balaban J connectivity index is 2.05. The summed E-state index contributed by atoms with van der Waals surface area (Å²) in [4.78, 5) is 2.15. The quantitative estimate of drug-likeness (QED) is 0.833. The zero-order chi connectivity index (χ0) is 13.0. The Morgan fingerprint density at radius 2 is 2.28 bits per heavy atom. The molecule has 0 saturated carbocycles. The van der Waals surface area contributed by atoms with Crippen molar-refractivity contribution in [1.82, 2.24) is 0 Å². The lowest BCUT2D eigenvalue weighted by Crippen LogP contribution is -2.33. The van der Waals surface area contributed by atoms with Crippen LogP contribution >= 0.6 is 0 Å². The summed E-state index contributed by atoms with van der Waals surface area (Å²) in [6.07, 6.45) is 3.89. The molecule has 0 aromatic heterocycles. The molecule has 1 aromatic carbocycles. The predicted octanol–water partition coefficient (Wildman–Crippen LogP) is 2.28. The second-order valence-electron chi connectivity index (χ2n) is 4.76. The summed E-state index contributed by atoms with van der Waals surface area (Å²) >= 11 is 0. The van der Waals surface area contributed by atoms with Crippen LogP contribution < -0.4 is 15.4 Å². The minimum absolute atomic E-state index is 0.314. The first kappa shape index (κ1) is 13.0. The second-order valence-corrected chi connectivity index (χ2v) is 4.76. The van der Waals surface area contributed by atoms with Gasteiger partial charge in [-0.1, -0.05) is 6.07 Å². The number of hydrogen-bond donors (Lipinski definition) is 1. The first-order chi connectivity index (χ1) is 8.72. The average Bonchev–Trinajstić information content (AvgIpc) is 2.40. The molecule has 1 heterocycles. The van der Waals surface area contributed by atoms with Crippen molar-refractivity contribution in [3.05, 3.63) is 18.2 Å². The summed E-state index contributed by atoms with van der Waals surface area (Å²) in [6, 6.07) is 5.85. The van der Waals surface area contributed by atoms with E-state index in [1.165, 1.54) is 12.8 Å². The summed E-state index contributed by atoms with van der Waals surface area (Å²) in [5.41, 5.74) is 7.79. The number of methoxy groups -OCH3 is 1. The van der Waals surface area contributed by atoms with Crippen molar-refractivity contribution in [2.24, 2.45) is 0 Å². The third-order valence-corrected chi connectivity index (χ3v) is 3.43. The highest BCUT2D eigenvalue weighted by molar-refractivity contribution is 5.73. The fourth-order valence-corrected chi connectivity index (χ4v) is 2.40. The van der Waals surface area contributed by atoms with Gasteiger partial charge in [-0.3, -0.25) is 0 Å². The number of hydrogen-bond acceptors (Lipinski definition) is 4. The van der Waals surface area contributed by atoms with Crippen LogP contribution in [0.2, 0.25) is 0 Å². The maximum Gasteiger partial charge on any atom is 0.143 e. The Kier molecular flexibility index (Phi) is 4.31. The monoisotopic (exact) mass is 250 g/mol. The van der Waals surface area contributed by atoms with Gasteiger partial charge in [0.25, 0.3) is 0 Å². The van der Waals surface area contributed by atoms with Gasteiger partial charge in [-0.05, 0) is 31.4 Å². The Hall–Kier alpha value is -1.42. The van der Waals surface area contributed by atoms with Crippen molar-refractivity contribution in [3.8, 4) is 5.75 Å². The molecule has 0 spiro atoms. The van der Waals surface area contributed by atoms with Crippen LogP contribution in [0.1, 0.15) is 19.3 Å². The van der Waals surface area contributed by atoms with Gasteiger partial charge in [0.15, 0.2) is 0 Å². The third-order valence-electron chi connectivity index (χ3n) is 3.43. The summed E-state index contributed by atoms with van der Waals surface area (Å²) in [7, 11) is 3.68. The van der Waals surface area contributed by atoms with E-state index in [1.54, 1.807) is 7.11 Å². The number of para-hydroxylation sites is 1. The average molecular weight is 250 g/mol. The van der Waals surface area contributed by atoms with E-state index in [1.807, 2.05) is 25.2 Å². The fourth-order valence-electron chi connectivity index (χ4n) is 2.40. The van der Waals surface area contributed by atoms with Crippen molar-refractivity contribution >= 4 is 11.4 Å². The molecule has 1 fully saturated rings. The summed E-state index contributed by atoms with van der Waals surface area (Å²) in [6.45, 7) is 1.75. The number of rotatable bonds is 4. The first-order valence-corrected chi connectivity index (χ1v) is 6.47. The van der Waals surface area contributed by atoms with Crippen LogP contribution in [0.5, 0.6) is 5.75 Å². The van der Waals surface area contributed by atoms with Gasteiger partial charge in [0.1, 0.15) is 5.75 Å². The molecule has 1 aromatic rings. The molecule has 18 heavy (non-hydrogen) atoms. The lowest BCUT2D eigenvalue weighted by Gasteiger charge is -2.29. The molecule has 1 aliphatic heterocycles. The van der Waals surface area contributed by atoms with Gasteiger partial charge < -0.3 is 20.1 Å². The molecule has 1 aliphatic rings. The van der Waals surface area contributed by atoms with E-state index in [4.69, 9.17) is 15.2 Å². The number of nitrogens with zero attached hydrogens (tertiary/aromatic N) is 1. The number of anilines is 2. The van der Waals surface area contributed by atoms with E-state index in [0.717, 1.165) is 31.0 Å². The van der Waals surface area contributed by atoms with Crippen molar-refractivity contribution in [2.75, 3.05) is 37.9 Å². The molecule has 2 N–H and O–H groups in total. The lowest BCUT2D eigenvalue weighted by molar-refractivity contribution is 0.0216. The number of likely N-dealkylation sites (N-methyl/N-ethyl adjacent to an activating group) is 1. The second kappa shape index (κ2) is 5.96. The van der Waals surface area contributed by atoms with Gasteiger partial charge in [0, 0.05) is 20.2 Å². The fraction of sp³-hybridized carbons (Fsp3) is 0.571. The van der Waals surface area contributed by atoms with Gasteiger partial charge >= 0.3 is 0 Å². The van der Waals surface area contributed by atoms with Gasteiger partial charge in [0.05, 0.1) is 24.6 Å². The normalized spacial score (nSPS) is 19.6. The van der Waals surface area contributed by atoms with Gasteiger partial charge in [0.2, 0.25) is 0 Å². The third kappa shape index (κ3) is 2.88. The van der Waals surface area contributed by atoms with Crippen molar-refractivity contribution in [2.45, 2.75) is 25.4 Å². The summed E-state index contributed by atoms with van der Waals surface area (Å²) in [5, 5.41) is 0. The molecule has 0 radical (unpaired) electrons. The van der Waals surface area contributed by atoms with Gasteiger partial charge in [-0.2, -0.15) is 0 Å². The van der Waals surface area contributed by atoms with Crippen LogP contribution in [0.3, 0.4) is 0 Å². The maximum atomic E-state index is 6.09. The SMILES string of the molecule is COc1cccc(N(C)CC2CCCCO2)c1N. The molecule has 2 rings (SSSR count). The van der Waals surface area contributed by atoms with Crippen LogP contribution in [-0.4, -0.2) is 33.4 Å². The van der Waals surface area contributed by atoms with Crippen molar-refractivity contribution in [1.29, 1.82) is 0 Å². The topological polar surface area (TPSA) is 47.7 Å². The first-order valence-electron chi connectivity index (χ1n) is 6.47. The van der Waals surface area contributed by atoms with Crippen LogP contribution in [0.4, 0.5) is 11.4 Å². The molecule has 1 atom stereocenters. The molecular formula is C14H22N2O2. The number of benzene rings is 1. The van der Waals surface area contributed by atoms with Crippen LogP contribution in [0, 0.1) is 0 Å². The van der Waals surface area contributed by atoms with Crippen molar-refractivity contribution in [3.63, 3.8) is 0 Å². The molecule has 4 heteroatoms. The van der Waals surface area contributed by atoms with E-state index >= 15 is 0 Å². The molecule has 100 valence electrons. The van der Waals surface area contributed by atoms with Crippen LogP contribution in [0.25, 0.3) is 0 Å². The van der Waals surface area contributed by atoms with E-state index in [2.05, 4.69) is 4.90 Å². The molecule has 0 amide bonds. The van der Waals surface area contributed by atoms with Gasteiger partial charge in [-0.25, -0.2) is 0 Å². The highest BCUT2D eigenvalue weighted by Crippen LogP contribution is 2.31.